The van der Waals surface area contributed by atoms with E-state index in [9.17, 15) is 4.79 Å². The molecule has 2 amide bonds. The summed E-state index contributed by atoms with van der Waals surface area (Å²) in [4.78, 5) is 12.8. The van der Waals surface area contributed by atoms with Crippen LogP contribution in [0, 0.1) is 6.92 Å². The van der Waals surface area contributed by atoms with E-state index < -0.39 is 0 Å². The number of amides is 2. The monoisotopic (exact) mass is 513 g/mol. The molecule has 0 bridgehead atoms. The van der Waals surface area contributed by atoms with Gasteiger partial charge in [0.25, 0.3) is 0 Å². The van der Waals surface area contributed by atoms with Crippen molar-refractivity contribution in [2.45, 2.75) is 24.4 Å². The number of aromatic nitrogens is 3. The molecule has 0 radical (unpaired) electrons. The number of thioether (sulfide) groups is 1. The lowest BCUT2D eigenvalue weighted by Crippen LogP contribution is -2.29. The first-order valence-corrected chi connectivity index (χ1v) is 12.8. The van der Waals surface area contributed by atoms with Gasteiger partial charge in [0.05, 0.1) is 17.9 Å². The predicted molar refractivity (Wildman–Crippen MR) is 147 cm³/mol. The zero-order chi connectivity index (χ0) is 24.9. The van der Waals surface area contributed by atoms with Gasteiger partial charge in [-0.1, -0.05) is 96.2 Å². The van der Waals surface area contributed by atoms with Crippen LogP contribution in [0.4, 0.5) is 10.5 Å². The van der Waals surface area contributed by atoms with Crippen LogP contribution in [0.15, 0.2) is 96.2 Å². The van der Waals surface area contributed by atoms with Gasteiger partial charge in [-0.3, -0.25) is 4.57 Å². The summed E-state index contributed by atoms with van der Waals surface area (Å²) < 4.78 is 1.97. The molecule has 36 heavy (non-hydrogen) atoms. The van der Waals surface area contributed by atoms with Gasteiger partial charge in [0.15, 0.2) is 11.0 Å². The van der Waals surface area contributed by atoms with Crippen molar-refractivity contribution in [3.8, 4) is 5.69 Å². The molecule has 0 saturated carbocycles. The highest BCUT2D eigenvalue weighted by molar-refractivity contribution is 7.98. The van der Waals surface area contributed by atoms with E-state index in [1.165, 1.54) is 5.56 Å². The zero-order valence-corrected chi connectivity index (χ0v) is 21.2. The van der Waals surface area contributed by atoms with E-state index >= 15 is 0 Å². The maximum absolute atomic E-state index is 12.8. The van der Waals surface area contributed by atoms with Gasteiger partial charge in [-0.2, -0.15) is 0 Å². The normalized spacial score (nSPS) is 10.9. The molecule has 2 N–H and O–H groups in total. The lowest BCUT2D eigenvalue weighted by atomic mass is 10.1. The molecule has 5 aromatic rings. The fraction of sp³-hybridized carbons (Fsp3) is 0.107. The minimum Gasteiger partial charge on any atom is -0.331 e. The first kappa shape index (κ1) is 23.9. The molecule has 6 nitrogen and oxygen atoms in total. The molecule has 0 aliphatic rings. The van der Waals surface area contributed by atoms with Gasteiger partial charge < -0.3 is 10.6 Å². The Morgan fingerprint density at radius 3 is 2.58 bits per heavy atom. The van der Waals surface area contributed by atoms with Crippen molar-refractivity contribution < 1.29 is 4.79 Å². The van der Waals surface area contributed by atoms with Crippen LogP contribution in [0.2, 0.25) is 5.02 Å². The first-order chi connectivity index (χ1) is 17.6. The number of nitrogens with zero attached hydrogens (tertiary/aromatic N) is 3. The van der Waals surface area contributed by atoms with Crippen molar-refractivity contribution >= 4 is 45.9 Å². The fourth-order valence-electron chi connectivity index (χ4n) is 3.96. The molecule has 5 rings (SSSR count). The standard InChI is InChI=1S/C28H24ClN5OS/c1-19-14-15-22(29)16-25(19)34-26(32-33-28(34)36-18-20-8-3-2-4-9-20)17-30-27(35)31-24-13-7-11-21-10-5-6-12-23(21)24/h2-16H,17-18H2,1H3,(H2,30,31,35). The second kappa shape index (κ2) is 10.8. The average Bonchev–Trinajstić information content (AvgIpc) is 3.31. The number of fused-ring (bicyclic) bond motifs is 1. The quantitative estimate of drug-likeness (QED) is 0.230. The number of nitrogens with one attached hydrogen (secondary N) is 2. The van der Waals surface area contributed by atoms with Gasteiger partial charge in [-0.15, -0.1) is 10.2 Å². The summed E-state index contributed by atoms with van der Waals surface area (Å²) in [5.41, 5.74) is 3.85. The number of halogens is 1. The SMILES string of the molecule is Cc1ccc(Cl)cc1-n1c(CNC(=O)Nc2cccc3ccccc23)nnc1SCc1ccccc1. The number of rotatable bonds is 7. The maximum Gasteiger partial charge on any atom is 0.319 e. The molecule has 0 fully saturated rings. The predicted octanol–water partition coefficient (Wildman–Crippen LogP) is 7.00. The molecule has 0 spiro atoms. The van der Waals surface area contributed by atoms with Crippen LogP contribution in [-0.4, -0.2) is 20.8 Å². The number of hydrogen-bond donors (Lipinski definition) is 2. The van der Waals surface area contributed by atoms with Gasteiger partial charge in [0.2, 0.25) is 0 Å². The number of hydrogen-bond acceptors (Lipinski definition) is 4. The number of urea groups is 1. The number of benzene rings is 4. The van der Waals surface area contributed by atoms with Crippen LogP contribution in [0.5, 0.6) is 0 Å². The van der Waals surface area contributed by atoms with Crippen LogP contribution in [0.25, 0.3) is 16.5 Å². The van der Waals surface area contributed by atoms with E-state index in [4.69, 9.17) is 11.6 Å². The summed E-state index contributed by atoms with van der Waals surface area (Å²) in [6.07, 6.45) is 0. The van der Waals surface area contributed by atoms with E-state index in [1.54, 1.807) is 11.8 Å². The van der Waals surface area contributed by atoms with E-state index in [0.29, 0.717) is 10.8 Å². The van der Waals surface area contributed by atoms with E-state index in [2.05, 4.69) is 33.0 Å². The van der Waals surface area contributed by atoms with Crippen molar-refractivity contribution in [2.75, 3.05) is 5.32 Å². The molecule has 0 atom stereocenters. The van der Waals surface area contributed by atoms with Gasteiger partial charge in [-0.05, 0) is 41.6 Å². The lowest BCUT2D eigenvalue weighted by molar-refractivity contribution is 0.251. The first-order valence-electron chi connectivity index (χ1n) is 11.5. The van der Waals surface area contributed by atoms with Gasteiger partial charge in [0, 0.05) is 16.2 Å². The summed E-state index contributed by atoms with van der Waals surface area (Å²) in [5, 5.41) is 18.1. The molecular formula is C28H24ClN5OS. The Labute approximate surface area is 218 Å². The summed E-state index contributed by atoms with van der Waals surface area (Å²) in [5.74, 6) is 1.36. The number of carbonyl (C=O) groups is 1. The summed E-state index contributed by atoms with van der Waals surface area (Å²) >= 11 is 7.92. The van der Waals surface area contributed by atoms with Crippen LogP contribution < -0.4 is 10.6 Å². The average molecular weight is 514 g/mol. The fourth-order valence-corrected chi connectivity index (χ4v) is 5.04. The number of carbonyl (C=O) groups excluding carboxylic acids is 1. The molecule has 0 saturated heterocycles. The Morgan fingerprint density at radius 2 is 1.72 bits per heavy atom. The topological polar surface area (TPSA) is 71.8 Å². The van der Waals surface area contributed by atoms with E-state index in [-0.39, 0.29) is 12.6 Å². The molecule has 8 heteroatoms. The van der Waals surface area contributed by atoms with Crippen LogP contribution in [0.3, 0.4) is 0 Å². The minimum absolute atomic E-state index is 0.196. The van der Waals surface area contributed by atoms with Crippen LogP contribution in [0.1, 0.15) is 17.0 Å². The number of anilines is 1. The minimum atomic E-state index is -0.317. The van der Waals surface area contributed by atoms with Gasteiger partial charge in [0.1, 0.15) is 0 Å². The summed E-state index contributed by atoms with van der Waals surface area (Å²) in [6.45, 7) is 2.21. The van der Waals surface area contributed by atoms with Crippen molar-refractivity contribution in [2.24, 2.45) is 0 Å². The van der Waals surface area contributed by atoms with Crippen molar-refractivity contribution in [3.05, 3.63) is 113 Å². The molecule has 0 unspecified atom stereocenters. The zero-order valence-electron chi connectivity index (χ0n) is 19.6. The maximum atomic E-state index is 12.8. The lowest BCUT2D eigenvalue weighted by Gasteiger charge is -2.14. The Morgan fingerprint density at radius 1 is 0.944 bits per heavy atom. The van der Waals surface area contributed by atoms with Crippen molar-refractivity contribution in [3.63, 3.8) is 0 Å². The van der Waals surface area contributed by atoms with E-state index in [1.807, 2.05) is 90.4 Å². The summed E-state index contributed by atoms with van der Waals surface area (Å²) in [6, 6.07) is 29.4. The largest absolute Gasteiger partial charge is 0.331 e. The molecule has 0 aliphatic carbocycles. The molecule has 1 heterocycles. The molecule has 1 aromatic heterocycles. The Bertz CT molecular complexity index is 1510. The smallest absolute Gasteiger partial charge is 0.319 e. The van der Waals surface area contributed by atoms with Crippen LogP contribution >= 0.6 is 23.4 Å². The highest BCUT2D eigenvalue weighted by atomic mass is 35.5. The molecule has 0 aliphatic heterocycles. The third-order valence-electron chi connectivity index (χ3n) is 5.77. The van der Waals surface area contributed by atoms with Gasteiger partial charge >= 0.3 is 6.03 Å². The Balaban J connectivity index is 1.38. The third-order valence-corrected chi connectivity index (χ3v) is 7.00. The molecule has 4 aromatic carbocycles. The highest BCUT2D eigenvalue weighted by Crippen LogP contribution is 2.29. The van der Waals surface area contributed by atoms with Crippen molar-refractivity contribution in [1.29, 1.82) is 0 Å². The van der Waals surface area contributed by atoms with E-state index in [0.717, 1.165) is 38.6 Å². The van der Waals surface area contributed by atoms with Gasteiger partial charge in [-0.25, -0.2) is 4.79 Å². The number of aryl methyl sites for hydroxylation is 1. The highest BCUT2D eigenvalue weighted by Gasteiger charge is 2.17. The second-order valence-corrected chi connectivity index (χ2v) is 9.65. The van der Waals surface area contributed by atoms with Crippen LogP contribution in [-0.2, 0) is 12.3 Å². The summed E-state index contributed by atoms with van der Waals surface area (Å²) in [7, 11) is 0. The Hall–Kier alpha value is -3.81. The van der Waals surface area contributed by atoms with Crippen molar-refractivity contribution in [1.82, 2.24) is 20.1 Å². The molecular weight excluding hydrogens is 490 g/mol. The Kier molecular flexibility index (Phi) is 7.21. The molecule has 180 valence electrons. The third kappa shape index (κ3) is 5.37. The second-order valence-electron chi connectivity index (χ2n) is 8.27.